The SMILES string of the molecule is CCCC(N)C(=O)NCC(c1ccccc1)c1ccccc1. The molecule has 0 saturated carbocycles. The summed E-state index contributed by atoms with van der Waals surface area (Å²) in [4.78, 5) is 12.1. The average Bonchev–Trinajstić information content (AvgIpc) is 2.57. The first kappa shape index (κ1) is 16.2. The zero-order valence-corrected chi connectivity index (χ0v) is 13.0. The third kappa shape index (κ3) is 4.43. The van der Waals surface area contributed by atoms with Gasteiger partial charge in [0.2, 0.25) is 5.91 Å². The molecular weight excluding hydrogens is 272 g/mol. The minimum Gasteiger partial charge on any atom is -0.354 e. The first-order chi connectivity index (χ1) is 10.7. The van der Waals surface area contributed by atoms with Gasteiger partial charge in [-0.15, -0.1) is 0 Å². The molecule has 0 aliphatic rings. The van der Waals surface area contributed by atoms with Crippen LogP contribution < -0.4 is 11.1 Å². The van der Waals surface area contributed by atoms with Crippen LogP contribution in [-0.4, -0.2) is 18.5 Å². The van der Waals surface area contributed by atoms with Gasteiger partial charge < -0.3 is 11.1 Å². The van der Waals surface area contributed by atoms with E-state index in [2.05, 4.69) is 29.6 Å². The second kappa shape index (κ2) is 8.35. The van der Waals surface area contributed by atoms with Crippen molar-refractivity contribution in [1.82, 2.24) is 5.32 Å². The van der Waals surface area contributed by atoms with Gasteiger partial charge >= 0.3 is 0 Å². The zero-order valence-electron chi connectivity index (χ0n) is 13.0. The lowest BCUT2D eigenvalue weighted by Crippen LogP contribution is -2.42. The van der Waals surface area contributed by atoms with Gasteiger partial charge in [0.05, 0.1) is 6.04 Å². The fourth-order valence-corrected chi connectivity index (χ4v) is 2.57. The lowest BCUT2D eigenvalue weighted by molar-refractivity contribution is -0.122. The third-order valence-corrected chi connectivity index (χ3v) is 3.82. The fourth-order valence-electron chi connectivity index (χ4n) is 2.57. The van der Waals surface area contributed by atoms with E-state index in [1.807, 2.05) is 43.3 Å². The molecule has 3 N–H and O–H groups in total. The van der Waals surface area contributed by atoms with E-state index in [0.29, 0.717) is 13.0 Å². The van der Waals surface area contributed by atoms with E-state index in [0.717, 1.165) is 6.42 Å². The van der Waals surface area contributed by atoms with Crippen molar-refractivity contribution in [2.24, 2.45) is 5.73 Å². The Hall–Kier alpha value is -2.13. The number of amides is 1. The van der Waals surface area contributed by atoms with Crippen LogP contribution in [0.4, 0.5) is 0 Å². The summed E-state index contributed by atoms with van der Waals surface area (Å²) in [5.41, 5.74) is 8.26. The molecule has 2 rings (SSSR count). The summed E-state index contributed by atoms with van der Waals surface area (Å²) in [5, 5.41) is 3.00. The number of carbonyl (C=O) groups excluding carboxylic acids is 1. The summed E-state index contributed by atoms with van der Waals surface area (Å²) in [6.07, 6.45) is 1.63. The Bertz CT molecular complexity index is 529. The molecule has 1 atom stereocenters. The van der Waals surface area contributed by atoms with Crippen molar-refractivity contribution < 1.29 is 4.79 Å². The number of benzene rings is 2. The highest BCUT2D eigenvalue weighted by molar-refractivity contribution is 5.81. The highest BCUT2D eigenvalue weighted by atomic mass is 16.2. The average molecular weight is 296 g/mol. The molecule has 1 amide bonds. The van der Waals surface area contributed by atoms with Crippen LogP contribution in [0.2, 0.25) is 0 Å². The molecule has 0 aromatic heterocycles. The zero-order chi connectivity index (χ0) is 15.8. The number of nitrogens with one attached hydrogen (secondary N) is 1. The summed E-state index contributed by atoms with van der Waals surface area (Å²) < 4.78 is 0. The first-order valence-electron chi connectivity index (χ1n) is 7.85. The molecule has 0 aliphatic heterocycles. The Morgan fingerprint density at radius 1 is 1.00 bits per heavy atom. The predicted octanol–water partition coefficient (Wildman–Crippen LogP) is 3.06. The Kier molecular flexibility index (Phi) is 6.16. The Balaban J connectivity index is 2.11. The van der Waals surface area contributed by atoms with Crippen molar-refractivity contribution in [2.75, 3.05) is 6.54 Å². The molecule has 116 valence electrons. The number of nitrogens with two attached hydrogens (primary N) is 1. The van der Waals surface area contributed by atoms with Gasteiger partial charge in [0.15, 0.2) is 0 Å². The van der Waals surface area contributed by atoms with E-state index in [1.54, 1.807) is 0 Å². The summed E-state index contributed by atoms with van der Waals surface area (Å²) in [6.45, 7) is 2.59. The number of rotatable bonds is 7. The van der Waals surface area contributed by atoms with Crippen molar-refractivity contribution in [3.8, 4) is 0 Å². The summed E-state index contributed by atoms with van der Waals surface area (Å²) in [6, 6.07) is 20.1. The van der Waals surface area contributed by atoms with Crippen LogP contribution in [0.3, 0.4) is 0 Å². The van der Waals surface area contributed by atoms with E-state index in [9.17, 15) is 4.79 Å². The third-order valence-electron chi connectivity index (χ3n) is 3.82. The van der Waals surface area contributed by atoms with Crippen molar-refractivity contribution in [1.29, 1.82) is 0 Å². The van der Waals surface area contributed by atoms with Crippen LogP contribution >= 0.6 is 0 Å². The highest BCUT2D eigenvalue weighted by Crippen LogP contribution is 2.23. The second-order valence-corrected chi connectivity index (χ2v) is 5.51. The second-order valence-electron chi connectivity index (χ2n) is 5.51. The molecule has 0 spiro atoms. The summed E-state index contributed by atoms with van der Waals surface area (Å²) in [7, 11) is 0. The molecule has 2 aromatic rings. The fraction of sp³-hybridized carbons (Fsp3) is 0.316. The Morgan fingerprint density at radius 3 is 1.95 bits per heavy atom. The van der Waals surface area contributed by atoms with Crippen molar-refractivity contribution in [3.05, 3.63) is 71.8 Å². The molecule has 0 fully saturated rings. The van der Waals surface area contributed by atoms with E-state index in [-0.39, 0.29) is 11.8 Å². The minimum atomic E-state index is -0.419. The van der Waals surface area contributed by atoms with Gasteiger partial charge in [-0.25, -0.2) is 0 Å². The molecular formula is C19H24N2O. The van der Waals surface area contributed by atoms with Crippen LogP contribution in [0.5, 0.6) is 0 Å². The smallest absolute Gasteiger partial charge is 0.236 e. The van der Waals surface area contributed by atoms with Crippen molar-refractivity contribution >= 4 is 5.91 Å². The Morgan fingerprint density at radius 2 is 1.50 bits per heavy atom. The lowest BCUT2D eigenvalue weighted by Gasteiger charge is -2.20. The van der Waals surface area contributed by atoms with Crippen LogP contribution in [0.15, 0.2) is 60.7 Å². The van der Waals surface area contributed by atoms with Crippen molar-refractivity contribution in [2.45, 2.75) is 31.7 Å². The van der Waals surface area contributed by atoms with Crippen LogP contribution in [0.1, 0.15) is 36.8 Å². The van der Waals surface area contributed by atoms with Gasteiger partial charge in [-0.2, -0.15) is 0 Å². The number of hydrogen-bond donors (Lipinski definition) is 2. The Labute approximate surface area is 132 Å². The summed E-state index contributed by atoms with van der Waals surface area (Å²) in [5.74, 6) is 0.0684. The molecule has 2 aromatic carbocycles. The van der Waals surface area contributed by atoms with Gasteiger partial charge in [0.1, 0.15) is 0 Å². The monoisotopic (exact) mass is 296 g/mol. The van der Waals surface area contributed by atoms with E-state index in [4.69, 9.17) is 5.73 Å². The molecule has 22 heavy (non-hydrogen) atoms. The van der Waals surface area contributed by atoms with E-state index < -0.39 is 6.04 Å². The van der Waals surface area contributed by atoms with Gasteiger partial charge in [-0.05, 0) is 17.5 Å². The highest BCUT2D eigenvalue weighted by Gasteiger charge is 2.17. The maximum absolute atomic E-state index is 12.1. The molecule has 0 aliphatic carbocycles. The van der Waals surface area contributed by atoms with E-state index >= 15 is 0 Å². The molecule has 0 heterocycles. The molecule has 3 nitrogen and oxygen atoms in total. The molecule has 0 bridgehead atoms. The van der Waals surface area contributed by atoms with Crippen molar-refractivity contribution in [3.63, 3.8) is 0 Å². The number of hydrogen-bond acceptors (Lipinski definition) is 2. The molecule has 0 saturated heterocycles. The maximum atomic E-state index is 12.1. The predicted molar refractivity (Wildman–Crippen MR) is 90.6 cm³/mol. The summed E-state index contributed by atoms with van der Waals surface area (Å²) >= 11 is 0. The topological polar surface area (TPSA) is 55.1 Å². The largest absolute Gasteiger partial charge is 0.354 e. The first-order valence-corrected chi connectivity index (χ1v) is 7.85. The van der Waals surface area contributed by atoms with Crippen LogP contribution in [-0.2, 0) is 4.79 Å². The van der Waals surface area contributed by atoms with Gasteiger partial charge in [0.25, 0.3) is 0 Å². The number of carbonyl (C=O) groups is 1. The lowest BCUT2D eigenvalue weighted by atomic mass is 9.91. The van der Waals surface area contributed by atoms with Gasteiger partial charge in [-0.3, -0.25) is 4.79 Å². The molecule has 3 heteroatoms. The van der Waals surface area contributed by atoms with E-state index in [1.165, 1.54) is 11.1 Å². The normalized spacial score (nSPS) is 12.1. The molecule has 0 radical (unpaired) electrons. The standard InChI is InChI=1S/C19H24N2O/c1-2-9-18(20)19(22)21-14-17(15-10-5-3-6-11-15)16-12-7-4-8-13-16/h3-8,10-13,17-18H,2,9,14,20H2,1H3,(H,21,22). The maximum Gasteiger partial charge on any atom is 0.236 e. The van der Waals surface area contributed by atoms with Crippen LogP contribution in [0.25, 0.3) is 0 Å². The van der Waals surface area contributed by atoms with Gasteiger partial charge in [-0.1, -0.05) is 74.0 Å². The van der Waals surface area contributed by atoms with Gasteiger partial charge in [0, 0.05) is 12.5 Å². The van der Waals surface area contributed by atoms with Crippen LogP contribution in [0, 0.1) is 0 Å². The minimum absolute atomic E-state index is 0.0706. The quantitative estimate of drug-likeness (QED) is 0.825. The molecule has 1 unspecified atom stereocenters.